The maximum absolute atomic E-state index is 11.6. The van der Waals surface area contributed by atoms with Gasteiger partial charge in [0.2, 0.25) is 0 Å². The maximum atomic E-state index is 11.6. The molecule has 2 rings (SSSR count). The molecule has 6 nitrogen and oxygen atoms in total. The molecule has 1 N–H and O–H groups in total. The number of aromatic nitrogens is 4. The number of nitrogens with zero attached hydrogens (tertiary/aromatic N) is 4. The number of hydrogen-bond acceptors (Lipinski definition) is 4. The Bertz CT molecular complexity index is 669. The molecule has 0 aliphatic rings. The van der Waals surface area contributed by atoms with E-state index >= 15 is 0 Å². The first-order chi connectivity index (χ1) is 10.7. The topological polar surface area (TPSA) is 80.9 Å². The van der Waals surface area contributed by atoms with Gasteiger partial charge in [-0.2, -0.15) is 0 Å². The van der Waals surface area contributed by atoms with Crippen molar-refractivity contribution >= 4 is 5.97 Å². The molecule has 0 saturated carbocycles. The van der Waals surface area contributed by atoms with Gasteiger partial charge in [-0.3, -0.25) is 0 Å². The SMILES string of the molecule is CC(C)CC(C(=O)O)n1nnnc1-c1ccc(C(C)(C)C)cc1. The summed E-state index contributed by atoms with van der Waals surface area (Å²) in [7, 11) is 0. The van der Waals surface area contributed by atoms with Crippen LogP contribution in [0.3, 0.4) is 0 Å². The zero-order valence-electron chi connectivity index (χ0n) is 14.3. The molecule has 0 spiro atoms. The van der Waals surface area contributed by atoms with Crippen molar-refractivity contribution < 1.29 is 9.90 Å². The molecule has 0 bridgehead atoms. The average Bonchev–Trinajstić information content (AvgIpc) is 2.92. The van der Waals surface area contributed by atoms with Crippen LogP contribution in [0.15, 0.2) is 24.3 Å². The van der Waals surface area contributed by atoms with Crippen molar-refractivity contribution in [2.45, 2.75) is 52.5 Å². The molecule has 1 atom stereocenters. The van der Waals surface area contributed by atoms with Crippen LogP contribution in [0.4, 0.5) is 0 Å². The van der Waals surface area contributed by atoms with E-state index in [4.69, 9.17) is 0 Å². The number of hydrogen-bond donors (Lipinski definition) is 1. The van der Waals surface area contributed by atoms with Crippen LogP contribution in [0.25, 0.3) is 11.4 Å². The molecular weight excluding hydrogens is 292 g/mol. The monoisotopic (exact) mass is 316 g/mol. The fourth-order valence-electron chi connectivity index (χ4n) is 2.46. The number of carboxylic acids is 1. The van der Waals surface area contributed by atoms with Gasteiger partial charge < -0.3 is 5.11 Å². The lowest BCUT2D eigenvalue weighted by atomic mass is 9.86. The Hall–Kier alpha value is -2.24. The summed E-state index contributed by atoms with van der Waals surface area (Å²) in [6.45, 7) is 10.4. The first-order valence-corrected chi connectivity index (χ1v) is 7.81. The summed E-state index contributed by atoms with van der Waals surface area (Å²) in [5.74, 6) is -0.200. The zero-order valence-corrected chi connectivity index (χ0v) is 14.3. The van der Waals surface area contributed by atoms with Gasteiger partial charge in [0.1, 0.15) is 0 Å². The van der Waals surface area contributed by atoms with Gasteiger partial charge in [-0.05, 0) is 33.7 Å². The summed E-state index contributed by atoms with van der Waals surface area (Å²) < 4.78 is 1.41. The molecule has 0 fully saturated rings. The molecule has 0 radical (unpaired) electrons. The molecule has 1 aromatic carbocycles. The summed E-state index contributed by atoms with van der Waals surface area (Å²) in [4.78, 5) is 11.6. The van der Waals surface area contributed by atoms with E-state index in [-0.39, 0.29) is 11.3 Å². The largest absolute Gasteiger partial charge is 0.480 e. The molecule has 2 aromatic rings. The minimum absolute atomic E-state index is 0.0612. The van der Waals surface area contributed by atoms with Crippen LogP contribution in [0.2, 0.25) is 0 Å². The average molecular weight is 316 g/mol. The lowest BCUT2D eigenvalue weighted by Gasteiger charge is -2.19. The van der Waals surface area contributed by atoms with Crippen molar-refractivity contribution in [1.82, 2.24) is 20.2 Å². The van der Waals surface area contributed by atoms with E-state index < -0.39 is 12.0 Å². The van der Waals surface area contributed by atoms with Gasteiger partial charge in [-0.1, -0.05) is 58.9 Å². The van der Waals surface area contributed by atoms with Crippen LogP contribution in [0.1, 0.15) is 52.6 Å². The molecule has 0 aliphatic heterocycles. The quantitative estimate of drug-likeness (QED) is 0.915. The van der Waals surface area contributed by atoms with E-state index in [1.807, 2.05) is 38.1 Å². The van der Waals surface area contributed by atoms with E-state index in [1.54, 1.807) is 0 Å². The Labute approximate surface area is 136 Å². The van der Waals surface area contributed by atoms with Gasteiger partial charge in [0.25, 0.3) is 0 Å². The first kappa shape index (κ1) is 17.1. The van der Waals surface area contributed by atoms with Crippen molar-refractivity contribution in [3.05, 3.63) is 29.8 Å². The minimum Gasteiger partial charge on any atom is -0.480 e. The van der Waals surface area contributed by atoms with Gasteiger partial charge in [-0.15, -0.1) is 5.10 Å². The van der Waals surface area contributed by atoms with Gasteiger partial charge in [0.05, 0.1) is 0 Å². The van der Waals surface area contributed by atoms with Crippen LogP contribution >= 0.6 is 0 Å². The molecule has 23 heavy (non-hydrogen) atoms. The van der Waals surface area contributed by atoms with Crippen LogP contribution in [-0.4, -0.2) is 31.3 Å². The molecular formula is C17H24N4O2. The van der Waals surface area contributed by atoms with Crippen molar-refractivity contribution in [3.63, 3.8) is 0 Å². The van der Waals surface area contributed by atoms with Crippen LogP contribution < -0.4 is 0 Å². The number of carbonyl (C=O) groups is 1. The van der Waals surface area contributed by atoms with Gasteiger partial charge in [0.15, 0.2) is 11.9 Å². The predicted octanol–water partition coefficient (Wildman–Crippen LogP) is 3.31. The molecule has 1 heterocycles. The second kappa shape index (κ2) is 6.48. The summed E-state index contributed by atoms with van der Waals surface area (Å²) in [5.41, 5.74) is 2.08. The highest BCUT2D eigenvalue weighted by atomic mass is 16.4. The van der Waals surface area contributed by atoms with Crippen LogP contribution in [0.5, 0.6) is 0 Å². The van der Waals surface area contributed by atoms with Crippen molar-refractivity contribution in [1.29, 1.82) is 0 Å². The van der Waals surface area contributed by atoms with E-state index in [2.05, 4.69) is 36.3 Å². The molecule has 0 amide bonds. The number of aliphatic carboxylic acids is 1. The fourth-order valence-corrected chi connectivity index (χ4v) is 2.46. The highest BCUT2D eigenvalue weighted by Crippen LogP contribution is 2.27. The lowest BCUT2D eigenvalue weighted by molar-refractivity contribution is -0.141. The highest BCUT2D eigenvalue weighted by Gasteiger charge is 2.26. The third-order valence-corrected chi connectivity index (χ3v) is 3.78. The fraction of sp³-hybridized carbons (Fsp3) is 0.529. The van der Waals surface area contributed by atoms with Crippen LogP contribution in [0, 0.1) is 5.92 Å². The second-order valence-electron chi connectivity index (χ2n) is 7.26. The van der Waals surface area contributed by atoms with E-state index in [0.717, 1.165) is 5.56 Å². The van der Waals surface area contributed by atoms with Gasteiger partial charge >= 0.3 is 5.97 Å². The Balaban J connectivity index is 2.38. The number of carboxylic acid groups (broad SMARTS) is 1. The van der Waals surface area contributed by atoms with Gasteiger partial charge in [0, 0.05) is 5.56 Å². The van der Waals surface area contributed by atoms with Crippen molar-refractivity contribution in [2.75, 3.05) is 0 Å². The number of rotatable bonds is 5. The van der Waals surface area contributed by atoms with E-state index in [9.17, 15) is 9.90 Å². The summed E-state index contributed by atoms with van der Waals surface area (Å²) >= 11 is 0. The Morgan fingerprint density at radius 2 is 1.83 bits per heavy atom. The molecule has 0 saturated heterocycles. The van der Waals surface area contributed by atoms with Crippen molar-refractivity contribution in [3.8, 4) is 11.4 Å². The molecule has 124 valence electrons. The maximum Gasteiger partial charge on any atom is 0.328 e. The smallest absolute Gasteiger partial charge is 0.328 e. The number of tetrazole rings is 1. The number of benzene rings is 1. The lowest BCUT2D eigenvalue weighted by Crippen LogP contribution is -2.23. The summed E-state index contributed by atoms with van der Waals surface area (Å²) in [6, 6.07) is 7.19. The molecule has 0 aliphatic carbocycles. The normalized spacial score (nSPS) is 13.3. The standard InChI is InChI=1S/C17H24N4O2/c1-11(2)10-14(16(22)23)21-15(18-19-20-21)12-6-8-13(9-7-12)17(3,4)5/h6-9,11,14H,10H2,1-5H3,(H,22,23). The Morgan fingerprint density at radius 3 is 2.30 bits per heavy atom. The van der Waals surface area contributed by atoms with E-state index in [1.165, 1.54) is 10.2 Å². The third kappa shape index (κ3) is 3.94. The minimum atomic E-state index is -0.918. The zero-order chi connectivity index (χ0) is 17.2. The van der Waals surface area contributed by atoms with E-state index in [0.29, 0.717) is 12.2 Å². The summed E-state index contributed by atoms with van der Waals surface area (Å²) in [5, 5.41) is 21.1. The Morgan fingerprint density at radius 1 is 1.22 bits per heavy atom. The van der Waals surface area contributed by atoms with Crippen molar-refractivity contribution in [2.24, 2.45) is 5.92 Å². The molecule has 6 heteroatoms. The predicted molar refractivity (Wildman–Crippen MR) is 88.1 cm³/mol. The van der Waals surface area contributed by atoms with Crippen LogP contribution in [-0.2, 0) is 10.2 Å². The Kier molecular flexibility index (Phi) is 4.82. The second-order valence-corrected chi connectivity index (χ2v) is 7.26. The molecule has 1 unspecified atom stereocenters. The van der Waals surface area contributed by atoms with Gasteiger partial charge in [-0.25, -0.2) is 9.48 Å². The third-order valence-electron chi connectivity index (χ3n) is 3.78. The summed E-state index contributed by atoms with van der Waals surface area (Å²) in [6.07, 6.45) is 0.480. The highest BCUT2D eigenvalue weighted by molar-refractivity contribution is 5.72. The molecule has 1 aromatic heterocycles. The first-order valence-electron chi connectivity index (χ1n) is 7.81.